The van der Waals surface area contributed by atoms with Gasteiger partial charge in [-0.25, -0.2) is 4.39 Å². The summed E-state index contributed by atoms with van der Waals surface area (Å²) in [5.74, 6) is -0.382. The minimum absolute atomic E-state index is 0.105. The Kier molecular flexibility index (Phi) is 4.52. The van der Waals surface area contributed by atoms with E-state index in [0.29, 0.717) is 11.1 Å². The highest BCUT2D eigenvalue weighted by atomic mass is 19.1. The first kappa shape index (κ1) is 14.0. The van der Waals surface area contributed by atoms with Crippen LogP contribution in [0.15, 0.2) is 18.2 Å². The van der Waals surface area contributed by atoms with Crippen LogP contribution in [0, 0.1) is 17.1 Å². The third-order valence-corrected chi connectivity index (χ3v) is 3.31. The Morgan fingerprint density at radius 2 is 2.05 bits per heavy atom. The fraction of sp³-hybridized carbons (Fsp3) is 0.533. The van der Waals surface area contributed by atoms with Crippen LogP contribution < -0.4 is 0 Å². The number of benzene rings is 1. The van der Waals surface area contributed by atoms with E-state index >= 15 is 0 Å². The molecule has 2 rings (SSSR count). The van der Waals surface area contributed by atoms with Gasteiger partial charge in [-0.1, -0.05) is 6.07 Å². The lowest BCUT2D eigenvalue weighted by molar-refractivity contribution is -0.106. The summed E-state index contributed by atoms with van der Waals surface area (Å²) in [5, 5.41) is 8.68. The van der Waals surface area contributed by atoms with Crippen LogP contribution in [0.1, 0.15) is 37.8 Å². The highest BCUT2D eigenvalue weighted by molar-refractivity contribution is 5.32. The van der Waals surface area contributed by atoms with Gasteiger partial charge in [-0.15, -0.1) is 0 Å². The summed E-state index contributed by atoms with van der Waals surface area (Å²) < 4.78 is 25.1. The van der Waals surface area contributed by atoms with Crippen LogP contribution in [0.5, 0.6) is 0 Å². The average molecular weight is 263 g/mol. The number of halogens is 1. The Morgan fingerprint density at radius 3 is 2.63 bits per heavy atom. The number of nitrogens with zero attached hydrogens (tertiary/aromatic N) is 1. The van der Waals surface area contributed by atoms with Crippen molar-refractivity contribution in [1.82, 2.24) is 0 Å². The quantitative estimate of drug-likeness (QED) is 0.841. The highest BCUT2D eigenvalue weighted by Gasteiger charge is 2.25. The summed E-state index contributed by atoms with van der Waals surface area (Å²) in [6.07, 6.45) is 2.14. The highest BCUT2D eigenvalue weighted by Crippen LogP contribution is 2.23. The number of nitriles is 1. The first-order valence-electron chi connectivity index (χ1n) is 6.54. The summed E-state index contributed by atoms with van der Waals surface area (Å²) in [5.41, 5.74) is 0.820. The molecule has 102 valence electrons. The second-order valence-electron chi connectivity index (χ2n) is 5.08. The molecule has 0 spiro atoms. The van der Waals surface area contributed by atoms with Crippen molar-refractivity contribution in [2.75, 3.05) is 0 Å². The molecule has 0 aromatic heterocycles. The topological polar surface area (TPSA) is 42.2 Å². The van der Waals surface area contributed by atoms with E-state index in [1.54, 1.807) is 12.1 Å². The molecule has 0 bridgehead atoms. The lowest BCUT2D eigenvalue weighted by Crippen LogP contribution is -2.34. The molecular formula is C15H18FNO2. The maximum Gasteiger partial charge on any atom is 0.130 e. The van der Waals surface area contributed by atoms with Crippen molar-refractivity contribution in [2.24, 2.45) is 0 Å². The minimum Gasteiger partial charge on any atom is -0.375 e. The average Bonchev–Trinajstić information content (AvgIpc) is 2.36. The normalized spacial score (nSPS) is 26.9. The molecule has 1 aliphatic rings. The van der Waals surface area contributed by atoms with Crippen molar-refractivity contribution in [2.45, 2.75) is 51.6 Å². The van der Waals surface area contributed by atoms with E-state index in [4.69, 9.17) is 14.7 Å². The van der Waals surface area contributed by atoms with E-state index in [1.165, 1.54) is 6.07 Å². The molecule has 1 aliphatic heterocycles. The van der Waals surface area contributed by atoms with Gasteiger partial charge in [0.05, 0.1) is 36.6 Å². The molecule has 1 aromatic carbocycles. The smallest absolute Gasteiger partial charge is 0.130 e. The molecule has 1 heterocycles. The number of rotatable bonds is 3. The summed E-state index contributed by atoms with van der Waals surface area (Å²) in [4.78, 5) is 0. The van der Waals surface area contributed by atoms with E-state index in [1.807, 2.05) is 19.9 Å². The van der Waals surface area contributed by atoms with Crippen LogP contribution in [0.3, 0.4) is 0 Å². The van der Waals surface area contributed by atoms with E-state index in [0.717, 1.165) is 12.8 Å². The van der Waals surface area contributed by atoms with Crippen LogP contribution in [0.25, 0.3) is 0 Å². The predicted octanol–water partition coefficient (Wildman–Crippen LogP) is 3.17. The minimum atomic E-state index is -0.382. The van der Waals surface area contributed by atoms with Crippen molar-refractivity contribution in [3.63, 3.8) is 0 Å². The van der Waals surface area contributed by atoms with Gasteiger partial charge in [0.2, 0.25) is 0 Å². The maximum atomic E-state index is 13.7. The standard InChI is InChI=1S/C15H18FNO2/c1-10-5-14(6-11(2)19-10)18-9-13-4-3-12(8-17)7-15(13)16/h3-4,7,10-11,14H,5-6,9H2,1-2H3. The molecule has 0 aliphatic carbocycles. The van der Waals surface area contributed by atoms with Crippen LogP contribution in [-0.2, 0) is 16.1 Å². The molecule has 19 heavy (non-hydrogen) atoms. The molecule has 0 radical (unpaired) electrons. The second kappa shape index (κ2) is 6.14. The van der Waals surface area contributed by atoms with Crippen molar-refractivity contribution in [1.29, 1.82) is 5.26 Å². The number of hydrogen-bond donors (Lipinski definition) is 0. The molecule has 1 saturated heterocycles. The summed E-state index contributed by atoms with van der Waals surface area (Å²) in [7, 11) is 0. The van der Waals surface area contributed by atoms with Gasteiger partial charge in [-0.2, -0.15) is 5.26 Å². The van der Waals surface area contributed by atoms with Gasteiger partial charge in [-0.05, 0) is 38.8 Å². The van der Waals surface area contributed by atoms with Crippen molar-refractivity contribution >= 4 is 0 Å². The third-order valence-electron chi connectivity index (χ3n) is 3.31. The van der Waals surface area contributed by atoms with E-state index < -0.39 is 0 Å². The Morgan fingerprint density at radius 1 is 1.37 bits per heavy atom. The zero-order valence-corrected chi connectivity index (χ0v) is 11.2. The fourth-order valence-electron chi connectivity index (χ4n) is 2.42. The largest absolute Gasteiger partial charge is 0.375 e. The van der Waals surface area contributed by atoms with Gasteiger partial charge in [-0.3, -0.25) is 0 Å². The molecule has 4 heteroatoms. The predicted molar refractivity (Wildman–Crippen MR) is 68.9 cm³/mol. The second-order valence-corrected chi connectivity index (χ2v) is 5.08. The van der Waals surface area contributed by atoms with E-state index in [9.17, 15) is 4.39 Å². The zero-order valence-electron chi connectivity index (χ0n) is 11.2. The monoisotopic (exact) mass is 263 g/mol. The molecule has 3 nitrogen and oxygen atoms in total. The van der Waals surface area contributed by atoms with Gasteiger partial charge in [0, 0.05) is 5.56 Å². The Balaban J connectivity index is 1.93. The molecule has 2 unspecified atom stereocenters. The third kappa shape index (κ3) is 3.76. The number of ether oxygens (including phenoxy) is 2. The SMILES string of the molecule is CC1CC(OCc2ccc(C#N)cc2F)CC(C)O1. The summed E-state index contributed by atoms with van der Waals surface area (Å²) in [6, 6.07) is 6.38. The van der Waals surface area contributed by atoms with Gasteiger partial charge in [0.25, 0.3) is 0 Å². The van der Waals surface area contributed by atoms with E-state index in [-0.39, 0.29) is 30.7 Å². The zero-order chi connectivity index (χ0) is 13.8. The van der Waals surface area contributed by atoms with Crippen molar-refractivity contribution in [3.8, 4) is 6.07 Å². The Bertz CT molecular complexity index is 474. The van der Waals surface area contributed by atoms with Crippen LogP contribution in [0.4, 0.5) is 4.39 Å². The Hall–Kier alpha value is -1.44. The fourth-order valence-corrected chi connectivity index (χ4v) is 2.42. The molecule has 0 saturated carbocycles. The first-order valence-corrected chi connectivity index (χ1v) is 6.54. The van der Waals surface area contributed by atoms with Crippen LogP contribution in [0.2, 0.25) is 0 Å². The van der Waals surface area contributed by atoms with Crippen LogP contribution >= 0.6 is 0 Å². The van der Waals surface area contributed by atoms with Gasteiger partial charge in [0.15, 0.2) is 0 Å². The summed E-state index contributed by atoms with van der Waals surface area (Å²) >= 11 is 0. The molecule has 1 aromatic rings. The number of hydrogen-bond acceptors (Lipinski definition) is 3. The van der Waals surface area contributed by atoms with Crippen LogP contribution in [-0.4, -0.2) is 18.3 Å². The molecule has 1 fully saturated rings. The molecular weight excluding hydrogens is 245 g/mol. The lowest BCUT2D eigenvalue weighted by atomic mass is 10.0. The maximum absolute atomic E-state index is 13.7. The van der Waals surface area contributed by atoms with Gasteiger partial charge < -0.3 is 9.47 Å². The van der Waals surface area contributed by atoms with Crippen molar-refractivity contribution < 1.29 is 13.9 Å². The molecule has 0 amide bonds. The summed E-state index contributed by atoms with van der Waals surface area (Å²) in [6.45, 7) is 4.28. The van der Waals surface area contributed by atoms with E-state index in [2.05, 4.69) is 0 Å². The molecule has 2 atom stereocenters. The lowest BCUT2D eigenvalue weighted by Gasteiger charge is -2.32. The first-order chi connectivity index (χ1) is 9.08. The van der Waals surface area contributed by atoms with Gasteiger partial charge >= 0.3 is 0 Å². The molecule has 0 N–H and O–H groups in total. The van der Waals surface area contributed by atoms with Gasteiger partial charge in [0.1, 0.15) is 5.82 Å². The van der Waals surface area contributed by atoms with Crippen molar-refractivity contribution in [3.05, 3.63) is 35.1 Å². The Labute approximate surface area is 112 Å².